The van der Waals surface area contributed by atoms with Gasteiger partial charge in [0, 0.05) is 12.7 Å². The number of imidazole rings is 1. The molecule has 192 valence electrons. The first-order valence-corrected chi connectivity index (χ1v) is 12.6. The fourth-order valence-electron chi connectivity index (χ4n) is 4.82. The highest BCUT2D eigenvalue weighted by Crippen LogP contribution is 2.29. The molecule has 6 nitrogen and oxygen atoms in total. The Morgan fingerprint density at radius 3 is 2.54 bits per heavy atom. The van der Waals surface area contributed by atoms with Crippen LogP contribution in [0, 0.1) is 6.92 Å². The van der Waals surface area contributed by atoms with Gasteiger partial charge in [-0.05, 0) is 61.7 Å². The van der Waals surface area contributed by atoms with Crippen molar-refractivity contribution in [2.75, 3.05) is 25.7 Å². The second kappa shape index (κ2) is 11.9. The molecule has 0 aliphatic heterocycles. The molecule has 1 aromatic heterocycles. The van der Waals surface area contributed by atoms with E-state index in [1.807, 2.05) is 83.1 Å². The van der Waals surface area contributed by atoms with E-state index in [2.05, 4.69) is 26.0 Å². The summed E-state index contributed by atoms with van der Waals surface area (Å²) in [6.45, 7) is 6.79. The van der Waals surface area contributed by atoms with Crippen molar-refractivity contribution in [1.82, 2.24) is 9.55 Å². The van der Waals surface area contributed by atoms with Crippen LogP contribution in [0.2, 0.25) is 0 Å². The van der Waals surface area contributed by atoms with Gasteiger partial charge < -0.3 is 18.9 Å². The topological polar surface area (TPSA) is 56.6 Å². The van der Waals surface area contributed by atoms with E-state index in [0.717, 1.165) is 45.6 Å². The largest absolute Gasteiger partial charge is 0.496 e. The average molecular weight is 498 g/mol. The van der Waals surface area contributed by atoms with Gasteiger partial charge in [-0.2, -0.15) is 0 Å². The summed E-state index contributed by atoms with van der Waals surface area (Å²) in [4.78, 5) is 20.8. The fourth-order valence-corrected chi connectivity index (χ4v) is 4.82. The molecule has 1 atom stereocenters. The van der Waals surface area contributed by atoms with Crippen LogP contribution in [0.3, 0.4) is 0 Å². The summed E-state index contributed by atoms with van der Waals surface area (Å²) >= 11 is 0. The van der Waals surface area contributed by atoms with Crippen molar-refractivity contribution in [3.05, 3.63) is 89.2 Å². The number of hydrogen-bond donors (Lipinski definition) is 0. The monoisotopic (exact) mass is 497 g/mol. The number of anilines is 1. The molecule has 0 saturated heterocycles. The van der Waals surface area contributed by atoms with E-state index in [-0.39, 0.29) is 18.5 Å². The first-order chi connectivity index (χ1) is 18.0. The minimum Gasteiger partial charge on any atom is -0.496 e. The third-order valence-corrected chi connectivity index (χ3v) is 6.59. The van der Waals surface area contributed by atoms with Gasteiger partial charge >= 0.3 is 0 Å². The van der Waals surface area contributed by atoms with E-state index in [9.17, 15) is 4.79 Å². The van der Waals surface area contributed by atoms with Crippen molar-refractivity contribution >= 4 is 34.8 Å². The van der Waals surface area contributed by atoms with E-state index in [1.54, 1.807) is 14.2 Å². The Morgan fingerprint density at radius 2 is 1.78 bits per heavy atom. The maximum absolute atomic E-state index is 14.1. The van der Waals surface area contributed by atoms with Crippen LogP contribution in [0.1, 0.15) is 36.4 Å². The summed E-state index contributed by atoms with van der Waals surface area (Å²) in [6.07, 6.45) is 4.75. The summed E-state index contributed by atoms with van der Waals surface area (Å²) in [6, 6.07) is 21.8. The number of carbonyl (C=O) groups excluding carboxylic acids is 1. The molecule has 1 unspecified atom stereocenters. The molecule has 1 amide bonds. The van der Waals surface area contributed by atoms with E-state index < -0.39 is 0 Å². The quantitative estimate of drug-likeness (QED) is 0.264. The van der Waals surface area contributed by atoms with E-state index in [0.29, 0.717) is 12.4 Å². The number of hydrogen-bond acceptors (Lipinski definition) is 4. The molecule has 1 heterocycles. The molecule has 4 rings (SSSR count). The molecule has 0 fully saturated rings. The van der Waals surface area contributed by atoms with E-state index in [4.69, 9.17) is 14.5 Å². The standard InChI is InChI=1S/C31H35N3O3/c1-6-24-14-11-12-22(2)31(24)34(23(3)21-36-4)30(35)20-33-27-16-9-8-15-26(27)32-29(33)19-18-25-13-7-10-17-28(25)37-5/h7-19,23H,6,20-21H2,1-5H3/b19-18+. The summed E-state index contributed by atoms with van der Waals surface area (Å²) < 4.78 is 13.0. The zero-order chi connectivity index (χ0) is 26.4. The molecule has 37 heavy (non-hydrogen) atoms. The van der Waals surface area contributed by atoms with Crippen molar-refractivity contribution in [3.63, 3.8) is 0 Å². The van der Waals surface area contributed by atoms with Gasteiger partial charge in [0.2, 0.25) is 5.91 Å². The number of ether oxygens (including phenoxy) is 2. The summed E-state index contributed by atoms with van der Waals surface area (Å²) in [5.41, 5.74) is 5.88. The fraction of sp³-hybridized carbons (Fsp3) is 0.290. The molecule has 6 heteroatoms. The summed E-state index contributed by atoms with van der Waals surface area (Å²) in [5, 5.41) is 0. The van der Waals surface area contributed by atoms with Crippen molar-refractivity contribution in [2.45, 2.75) is 39.8 Å². The molecule has 0 saturated carbocycles. The van der Waals surface area contributed by atoms with Crippen LogP contribution in [0.25, 0.3) is 23.2 Å². The predicted octanol–water partition coefficient (Wildman–Crippen LogP) is 6.15. The lowest BCUT2D eigenvalue weighted by atomic mass is 10.0. The molecule has 4 aromatic rings. The third-order valence-electron chi connectivity index (χ3n) is 6.59. The SMILES string of the molecule is CCc1cccc(C)c1N(C(=O)Cn1c(/C=C/c2ccccc2OC)nc2ccccc21)C(C)COC. The van der Waals surface area contributed by atoms with Gasteiger partial charge in [-0.1, -0.05) is 55.5 Å². The predicted molar refractivity (Wildman–Crippen MR) is 151 cm³/mol. The Labute approximate surface area is 219 Å². The van der Waals surface area contributed by atoms with Crippen LogP contribution >= 0.6 is 0 Å². The molecule has 0 radical (unpaired) electrons. The highest BCUT2D eigenvalue weighted by molar-refractivity contribution is 5.96. The van der Waals surface area contributed by atoms with Gasteiger partial charge in [0.1, 0.15) is 18.1 Å². The van der Waals surface area contributed by atoms with Crippen LogP contribution in [0.5, 0.6) is 5.75 Å². The highest BCUT2D eigenvalue weighted by atomic mass is 16.5. The molecule has 0 bridgehead atoms. The molecular formula is C31H35N3O3. The van der Waals surface area contributed by atoms with Gasteiger partial charge in [-0.3, -0.25) is 4.79 Å². The van der Waals surface area contributed by atoms with Crippen molar-refractivity contribution < 1.29 is 14.3 Å². The van der Waals surface area contributed by atoms with Crippen LogP contribution in [-0.2, 0) is 22.5 Å². The Morgan fingerprint density at radius 1 is 1.03 bits per heavy atom. The van der Waals surface area contributed by atoms with Crippen molar-refractivity contribution in [3.8, 4) is 5.75 Å². The van der Waals surface area contributed by atoms with Gasteiger partial charge in [-0.15, -0.1) is 0 Å². The van der Waals surface area contributed by atoms with Crippen LogP contribution < -0.4 is 9.64 Å². The minimum absolute atomic E-state index is 0.0105. The Bertz CT molecular complexity index is 1410. The summed E-state index contributed by atoms with van der Waals surface area (Å²) in [5.74, 6) is 1.48. The molecule has 0 aliphatic rings. The van der Waals surface area contributed by atoms with Gasteiger partial charge in [0.25, 0.3) is 0 Å². The third kappa shape index (κ3) is 5.59. The molecular weight excluding hydrogens is 462 g/mol. The number of aromatic nitrogens is 2. The maximum atomic E-state index is 14.1. The van der Waals surface area contributed by atoms with E-state index in [1.165, 1.54) is 0 Å². The average Bonchev–Trinajstić information content (AvgIpc) is 3.25. The number of amides is 1. The lowest BCUT2D eigenvalue weighted by molar-refractivity contribution is -0.119. The smallest absolute Gasteiger partial charge is 0.247 e. The van der Waals surface area contributed by atoms with Crippen LogP contribution in [0.4, 0.5) is 5.69 Å². The van der Waals surface area contributed by atoms with Crippen LogP contribution in [-0.4, -0.2) is 42.3 Å². The zero-order valence-corrected chi connectivity index (χ0v) is 22.3. The number of nitrogens with zero attached hydrogens (tertiary/aromatic N) is 3. The second-order valence-corrected chi connectivity index (χ2v) is 9.12. The first-order valence-electron chi connectivity index (χ1n) is 12.6. The maximum Gasteiger partial charge on any atom is 0.247 e. The van der Waals surface area contributed by atoms with Gasteiger partial charge in [0.15, 0.2) is 0 Å². The molecule has 0 aliphatic carbocycles. The number of carbonyl (C=O) groups is 1. The number of aryl methyl sites for hydroxylation is 2. The Hall–Kier alpha value is -3.90. The first kappa shape index (κ1) is 26.2. The Kier molecular flexibility index (Phi) is 8.41. The highest BCUT2D eigenvalue weighted by Gasteiger charge is 2.26. The number of rotatable bonds is 10. The normalized spacial score (nSPS) is 12.2. The number of benzene rings is 3. The Balaban J connectivity index is 1.77. The number of fused-ring (bicyclic) bond motifs is 1. The van der Waals surface area contributed by atoms with Gasteiger partial charge in [0.05, 0.1) is 36.5 Å². The minimum atomic E-state index is -0.133. The number of methoxy groups -OCH3 is 2. The number of para-hydroxylation sites is 4. The zero-order valence-electron chi connectivity index (χ0n) is 22.3. The van der Waals surface area contributed by atoms with Crippen molar-refractivity contribution in [2.24, 2.45) is 0 Å². The van der Waals surface area contributed by atoms with Crippen LogP contribution in [0.15, 0.2) is 66.7 Å². The molecule has 3 aromatic carbocycles. The van der Waals surface area contributed by atoms with Crippen molar-refractivity contribution in [1.29, 1.82) is 0 Å². The second-order valence-electron chi connectivity index (χ2n) is 9.12. The molecule has 0 N–H and O–H groups in total. The summed E-state index contributed by atoms with van der Waals surface area (Å²) in [7, 11) is 3.33. The van der Waals surface area contributed by atoms with E-state index >= 15 is 0 Å². The van der Waals surface area contributed by atoms with Gasteiger partial charge in [-0.25, -0.2) is 4.98 Å². The molecule has 0 spiro atoms. The lowest BCUT2D eigenvalue weighted by Crippen LogP contribution is -2.44. The lowest BCUT2D eigenvalue weighted by Gasteiger charge is -2.32.